The van der Waals surface area contributed by atoms with Crippen LogP contribution < -0.4 is 0 Å². The Bertz CT molecular complexity index is 460. The van der Waals surface area contributed by atoms with Crippen LogP contribution in [0.5, 0.6) is 0 Å². The van der Waals surface area contributed by atoms with Gasteiger partial charge in [0.2, 0.25) is 0 Å². The van der Waals surface area contributed by atoms with E-state index in [-0.39, 0.29) is 0 Å². The van der Waals surface area contributed by atoms with Crippen LogP contribution in [-0.2, 0) is 0 Å². The summed E-state index contributed by atoms with van der Waals surface area (Å²) in [5.74, 6) is 6.79. The van der Waals surface area contributed by atoms with Crippen LogP contribution in [0.25, 0.3) is 0 Å². The molecule has 8 aliphatic rings. The van der Waals surface area contributed by atoms with E-state index in [1.807, 2.05) is 0 Å². The van der Waals surface area contributed by atoms with E-state index in [0.29, 0.717) is 0 Å². The molecule has 6 unspecified atom stereocenters. The van der Waals surface area contributed by atoms with Crippen LogP contribution in [0, 0.1) is 57.2 Å². The fourth-order valence-electron chi connectivity index (χ4n) is 9.53. The van der Waals surface area contributed by atoms with Gasteiger partial charge in [0.05, 0.1) is 0 Å². The molecule has 8 saturated carbocycles. The van der Waals surface area contributed by atoms with Crippen molar-refractivity contribution in [3.63, 3.8) is 0 Å². The van der Waals surface area contributed by atoms with E-state index in [1.165, 1.54) is 0 Å². The Morgan fingerprint density at radius 2 is 0.900 bits per heavy atom. The summed E-state index contributed by atoms with van der Waals surface area (Å²) >= 11 is 0. The molecule has 0 aromatic carbocycles. The first-order valence-electron chi connectivity index (χ1n) is 9.37. The maximum atomic E-state index is 2.69. The lowest BCUT2D eigenvalue weighted by Gasteiger charge is -2.41. The van der Waals surface area contributed by atoms with E-state index in [2.05, 4.69) is 27.7 Å². The summed E-state index contributed by atoms with van der Waals surface area (Å²) in [5, 5.41) is 0. The van der Waals surface area contributed by atoms with Crippen molar-refractivity contribution < 1.29 is 0 Å². The van der Waals surface area contributed by atoms with Gasteiger partial charge < -0.3 is 0 Å². The van der Waals surface area contributed by atoms with Crippen LogP contribution in [0.4, 0.5) is 0 Å². The quantitative estimate of drug-likeness (QED) is 0.667. The van der Waals surface area contributed by atoms with E-state index in [4.69, 9.17) is 0 Å². The molecule has 0 heterocycles. The first-order valence-corrected chi connectivity index (χ1v) is 9.37. The van der Waals surface area contributed by atoms with Gasteiger partial charge in [-0.05, 0) is 95.7 Å². The molecule has 20 heavy (non-hydrogen) atoms. The SMILES string of the molecule is CC1(CCC2(C)C3CC4C(C3)C42C)C2CC3C(C2)C31C. The predicted molar refractivity (Wildman–Crippen MR) is 81.1 cm³/mol. The number of hydrogen-bond donors (Lipinski definition) is 0. The molecule has 0 amide bonds. The molecule has 0 spiro atoms. The smallest absolute Gasteiger partial charge is 0.0207 e. The Labute approximate surface area is 124 Å². The Morgan fingerprint density at radius 1 is 0.600 bits per heavy atom. The molecular weight excluding hydrogens is 240 g/mol. The highest BCUT2D eigenvalue weighted by Crippen LogP contribution is 2.90. The summed E-state index contributed by atoms with van der Waals surface area (Å²) in [7, 11) is 0. The molecule has 0 saturated heterocycles. The molecule has 0 aliphatic heterocycles. The van der Waals surface area contributed by atoms with E-state index < -0.39 is 0 Å². The van der Waals surface area contributed by atoms with Crippen molar-refractivity contribution in [1.29, 1.82) is 0 Å². The van der Waals surface area contributed by atoms with Crippen molar-refractivity contribution in [2.24, 2.45) is 57.2 Å². The van der Waals surface area contributed by atoms with Gasteiger partial charge in [0.25, 0.3) is 0 Å². The minimum atomic E-state index is 0.721. The minimum absolute atomic E-state index is 0.721. The van der Waals surface area contributed by atoms with Gasteiger partial charge >= 0.3 is 0 Å². The Hall–Kier alpha value is 0. The van der Waals surface area contributed by atoms with E-state index in [0.717, 1.165) is 57.2 Å². The molecule has 0 N–H and O–H groups in total. The second kappa shape index (κ2) is 2.67. The molecule has 0 heteroatoms. The van der Waals surface area contributed by atoms with Crippen LogP contribution in [0.1, 0.15) is 66.2 Å². The van der Waals surface area contributed by atoms with Gasteiger partial charge in [-0.1, -0.05) is 27.7 Å². The average Bonchev–Trinajstić information content (AvgIpc) is 2.95. The summed E-state index contributed by atoms with van der Waals surface area (Å²) in [6, 6.07) is 0. The first kappa shape index (κ1) is 11.6. The van der Waals surface area contributed by atoms with Gasteiger partial charge in [-0.2, -0.15) is 0 Å². The van der Waals surface area contributed by atoms with E-state index >= 15 is 0 Å². The summed E-state index contributed by atoms with van der Waals surface area (Å²) < 4.78 is 0. The Kier molecular flexibility index (Phi) is 1.54. The summed E-state index contributed by atoms with van der Waals surface area (Å²) in [6.45, 7) is 10.7. The van der Waals surface area contributed by atoms with Gasteiger partial charge in [-0.3, -0.25) is 0 Å². The molecule has 8 rings (SSSR count). The molecule has 8 bridgehead atoms. The third-order valence-corrected chi connectivity index (χ3v) is 11.4. The normalized spacial score (nSPS) is 77.4. The van der Waals surface area contributed by atoms with Crippen molar-refractivity contribution in [3.05, 3.63) is 0 Å². The maximum absolute atomic E-state index is 2.69. The monoisotopic (exact) mass is 270 g/mol. The van der Waals surface area contributed by atoms with Gasteiger partial charge in [0.15, 0.2) is 0 Å². The number of hydrogen-bond acceptors (Lipinski definition) is 0. The zero-order chi connectivity index (χ0) is 13.7. The molecule has 0 nitrogen and oxygen atoms in total. The van der Waals surface area contributed by atoms with Gasteiger partial charge in [-0.15, -0.1) is 0 Å². The van der Waals surface area contributed by atoms with Crippen LogP contribution in [0.2, 0.25) is 0 Å². The molecule has 8 aliphatic carbocycles. The van der Waals surface area contributed by atoms with Crippen molar-refractivity contribution in [2.75, 3.05) is 0 Å². The van der Waals surface area contributed by atoms with Crippen molar-refractivity contribution in [1.82, 2.24) is 0 Å². The van der Waals surface area contributed by atoms with Crippen LogP contribution in [0.15, 0.2) is 0 Å². The molecule has 0 radical (unpaired) electrons. The molecular formula is C20H30. The lowest BCUT2D eigenvalue weighted by Crippen LogP contribution is -2.33. The fraction of sp³-hybridized carbons (Fsp3) is 1.00. The molecule has 0 aromatic heterocycles. The van der Waals surface area contributed by atoms with Crippen molar-refractivity contribution in [2.45, 2.75) is 66.2 Å². The average molecular weight is 270 g/mol. The van der Waals surface area contributed by atoms with Crippen molar-refractivity contribution in [3.8, 4) is 0 Å². The van der Waals surface area contributed by atoms with Gasteiger partial charge in [-0.25, -0.2) is 0 Å². The molecule has 0 aromatic rings. The lowest BCUT2D eigenvalue weighted by atomic mass is 9.64. The zero-order valence-electron chi connectivity index (χ0n) is 13.7. The zero-order valence-corrected chi connectivity index (χ0v) is 13.7. The summed E-state index contributed by atoms with van der Waals surface area (Å²) in [6.07, 6.45) is 9.51. The second-order valence-electron chi connectivity index (χ2n) is 10.7. The standard InChI is InChI=1S/C20H30/c1-17(11-7-13-14(8-11)19(13,17)3)5-6-18(2)12-9-15-16(10-12)20(15,18)4/h11-16H,5-10H2,1-4H3. The Balaban J connectivity index is 1.30. The van der Waals surface area contributed by atoms with E-state index in [1.54, 1.807) is 38.5 Å². The van der Waals surface area contributed by atoms with Crippen molar-refractivity contribution >= 4 is 0 Å². The summed E-state index contributed by atoms with van der Waals surface area (Å²) in [4.78, 5) is 0. The molecule has 6 atom stereocenters. The Morgan fingerprint density at radius 3 is 1.10 bits per heavy atom. The molecule has 8 fully saturated rings. The van der Waals surface area contributed by atoms with Gasteiger partial charge in [0, 0.05) is 0 Å². The van der Waals surface area contributed by atoms with Crippen LogP contribution in [0.3, 0.4) is 0 Å². The largest absolute Gasteiger partial charge is 0.0588 e. The third-order valence-electron chi connectivity index (χ3n) is 11.4. The number of rotatable bonds is 3. The first-order chi connectivity index (χ1) is 9.37. The highest BCUT2D eigenvalue weighted by Gasteiger charge is 2.83. The predicted octanol–water partition coefficient (Wildman–Crippen LogP) is 5.13. The van der Waals surface area contributed by atoms with E-state index in [9.17, 15) is 0 Å². The lowest BCUT2D eigenvalue weighted by molar-refractivity contribution is 0.0799. The van der Waals surface area contributed by atoms with Crippen LogP contribution >= 0.6 is 0 Å². The highest BCUT2D eigenvalue weighted by atomic mass is 14.9. The summed E-state index contributed by atoms with van der Waals surface area (Å²) in [5.41, 5.74) is 3.00. The van der Waals surface area contributed by atoms with Crippen LogP contribution in [-0.4, -0.2) is 0 Å². The second-order valence-corrected chi connectivity index (χ2v) is 10.7. The highest BCUT2D eigenvalue weighted by molar-refractivity contribution is 5.31. The fourth-order valence-corrected chi connectivity index (χ4v) is 9.53. The third kappa shape index (κ3) is 0.793. The maximum Gasteiger partial charge on any atom is -0.0207 e. The molecule has 110 valence electrons. The minimum Gasteiger partial charge on any atom is -0.0588 e. The van der Waals surface area contributed by atoms with Gasteiger partial charge in [0.1, 0.15) is 0 Å². The topological polar surface area (TPSA) is 0 Å².